The number of piperidine rings is 1. The van der Waals surface area contributed by atoms with Crippen LogP contribution in [-0.2, 0) is 11.0 Å². The van der Waals surface area contributed by atoms with Gasteiger partial charge in [0.1, 0.15) is 27.8 Å². The lowest BCUT2D eigenvalue weighted by Gasteiger charge is -2.42. The summed E-state index contributed by atoms with van der Waals surface area (Å²) in [5, 5.41) is 6.38. The van der Waals surface area contributed by atoms with Gasteiger partial charge >= 0.3 is 0 Å². The van der Waals surface area contributed by atoms with Gasteiger partial charge in [-0.15, -0.1) is 0 Å². The molecule has 0 saturated carbocycles. The Morgan fingerprint density at radius 2 is 2.08 bits per heavy atom. The fourth-order valence-electron chi connectivity index (χ4n) is 5.32. The van der Waals surface area contributed by atoms with Crippen molar-refractivity contribution < 1.29 is 9.00 Å². The minimum Gasteiger partial charge on any atom is -0.354 e. The Labute approximate surface area is 224 Å². The van der Waals surface area contributed by atoms with Crippen LogP contribution in [-0.4, -0.2) is 80.7 Å². The third-order valence-corrected chi connectivity index (χ3v) is 7.85. The molecule has 1 aromatic carbocycles. The number of carbonyl (C=O) groups excluding carboxylic acids is 1. The third-order valence-electron chi connectivity index (χ3n) is 6.92. The summed E-state index contributed by atoms with van der Waals surface area (Å²) in [5.41, 5.74) is 4.53. The average Bonchev–Trinajstić information content (AvgIpc) is 3.27. The predicted octanol–water partition coefficient (Wildman–Crippen LogP) is 2.86. The summed E-state index contributed by atoms with van der Waals surface area (Å²) in [6, 6.07) is 5.19. The Kier molecular flexibility index (Phi) is 7.60. The minimum absolute atomic E-state index is 0.0829. The van der Waals surface area contributed by atoms with Crippen LogP contribution in [0.5, 0.6) is 0 Å². The molecule has 4 atom stereocenters. The molecule has 0 bridgehead atoms. The van der Waals surface area contributed by atoms with E-state index in [1.54, 1.807) is 18.2 Å². The summed E-state index contributed by atoms with van der Waals surface area (Å²) in [4.78, 5) is 22.6. The fraction of sp³-hybridized carbons (Fsp3) is 0.500. The summed E-state index contributed by atoms with van der Waals surface area (Å²) in [7, 11) is -1.32. The van der Waals surface area contributed by atoms with Crippen molar-refractivity contribution in [3.05, 3.63) is 52.6 Å². The number of hydrogen-bond acceptors (Lipinski definition) is 7. The minimum atomic E-state index is -1.32. The molecule has 2 fully saturated rings. The lowest BCUT2D eigenvalue weighted by molar-refractivity contribution is 0.0545. The molecule has 36 heavy (non-hydrogen) atoms. The van der Waals surface area contributed by atoms with E-state index in [2.05, 4.69) is 38.4 Å². The van der Waals surface area contributed by atoms with Gasteiger partial charge in [0.25, 0.3) is 5.91 Å². The summed E-state index contributed by atoms with van der Waals surface area (Å²) in [5.74, 6) is 1.59. The van der Waals surface area contributed by atoms with E-state index in [1.807, 2.05) is 16.0 Å². The molecule has 4 heterocycles. The maximum Gasteiger partial charge on any atom is 0.256 e. The molecule has 1 aromatic rings. The molecule has 1 amide bonds. The van der Waals surface area contributed by atoms with Crippen LogP contribution in [0.1, 0.15) is 36.5 Å². The van der Waals surface area contributed by atoms with Gasteiger partial charge in [-0.1, -0.05) is 23.2 Å². The zero-order chi connectivity index (χ0) is 25.4. The summed E-state index contributed by atoms with van der Waals surface area (Å²) < 4.78 is 14.7. The van der Waals surface area contributed by atoms with Crippen molar-refractivity contribution in [1.29, 1.82) is 0 Å². The SMILES string of the molecule is C[C@@H]1CN(C2=CC(Cl)=NC3=CC(C4CCCCN4C(=O)c4cc(Cl)ccc4NS(C)=O)NN32)CCN1. The molecular weight excluding hydrogens is 521 g/mol. The molecule has 4 aliphatic rings. The Morgan fingerprint density at radius 1 is 1.25 bits per heavy atom. The number of benzene rings is 1. The van der Waals surface area contributed by atoms with Crippen molar-refractivity contribution in [3.8, 4) is 0 Å². The summed E-state index contributed by atoms with van der Waals surface area (Å²) >= 11 is 12.7. The van der Waals surface area contributed by atoms with E-state index in [0.29, 0.717) is 34.0 Å². The molecule has 0 spiro atoms. The van der Waals surface area contributed by atoms with Crippen LogP contribution in [0.4, 0.5) is 5.69 Å². The molecule has 194 valence electrons. The quantitative estimate of drug-likeness (QED) is 0.521. The first-order valence-corrected chi connectivity index (χ1v) is 14.5. The van der Waals surface area contributed by atoms with Crippen molar-refractivity contribution in [1.82, 2.24) is 25.6 Å². The number of likely N-dealkylation sites (tertiary alicyclic amines) is 1. The molecule has 2 saturated heterocycles. The highest BCUT2D eigenvalue weighted by atomic mass is 35.5. The van der Waals surface area contributed by atoms with Gasteiger partial charge in [0.15, 0.2) is 0 Å². The standard InChI is InChI=1S/C24H31Cl2N7O2S/c1-15-14-31(10-8-27-15)23-13-21(26)28-22-12-19(29-33(22)23)20-5-3-4-9-32(20)24(34)17-11-16(25)6-7-18(17)30-36(2)35/h6-7,11-13,15,19-20,27,29-30H,3-5,8-10,14H2,1-2H3/t15-,19?,20?,36?/m1/s1. The number of rotatable bonds is 5. The fourth-order valence-corrected chi connectivity index (χ4v) is 6.16. The van der Waals surface area contributed by atoms with Crippen molar-refractivity contribution in [3.63, 3.8) is 0 Å². The number of allylic oxidation sites excluding steroid dienone is 1. The van der Waals surface area contributed by atoms with Crippen molar-refractivity contribution in [2.24, 2.45) is 4.99 Å². The predicted molar refractivity (Wildman–Crippen MR) is 145 cm³/mol. The van der Waals surface area contributed by atoms with E-state index in [-0.39, 0.29) is 18.0 Å². The molecule has 0 radical (unpaired) electrons. The van der Waals surface area contributed by atoms with E-state index in [9.17, 15) is 9.00 Å². The van der Waals surface area contributed by atoms with Crippen molar-refractivity contribution >= 4 is 51.0 Å². The number of amides is 1. The number of aliphatic imine (C=N–C) groups is 1. The topological polar surface area (TPSA) is 92.3 Å². The normalized spacial score (nSPS) is 27.2. The van der Waals surface area contributed by atoms with Gasteiger partial charge in [-0.05, 0) is 50.5 Å². The Bertz CT molecular complexity index is 1160. The number of carbonyl (C=O) groups is 1. The molecule has 0 aromatic heterocycles. The molecule has 0 aliphatic carbocycles. The lowest BCUT2D eigenvalue weighted by Crippen LogP contribution is -2.56. The van der Waals surface area contributed by atoms with Gasteiger partial charge in [0.05, 0.1) is 23.3 Å². The number of hydrogen-bond donors (Lipinski definition) is 3. The van der Waals surface area contributed by atoms with Crippen LogP contribution in [0.3, 0.4) is 0 Å². The van der Waals surface area contributed by atoms with Crippen LogP contribution in [0.2, 0.25) is 5.02 Å². The maximum atomic E-state index is 13.8. The zero-order valence-electron chi connectivity index (χ0n) is 20.3. The lowest BCUT2D eigenvalue weighted by atomic mass is 9.94. The molecule has 9 nitrogen and oxygen atoms in total. The number of piperazine rings is 1. The molecule has 4 aliphatic heterocycles. The first kappa shape index (κ1) is 25.5. The number of halogens is 2. The highest BCUT2D eigenvalue weighted by Gasteiger charge is 2.40. The highest BCUT2D eigenvalue weighted by molar-refractivity contribution is 7.85. The first-order valence-electron chi connectivity index (χ1n) is 12.2. The van der Waals surface area contributed by atoms with Crippen LogP contribution >= 0.6 is 23.2 Å². The second-order valence-corrected chi connectivity index (χ2v) is 11.5. The third kappa shape index (κ3) is 5.28. The molecular formula is C24H31Cl2N7O2S. The maximum absolute atomic E-state index is 13.8. The molecule has 3 N–H and O–H groups in total. The van der Waals surface area contributed by atoms with Crippen LogP contribution in [0.25, 0.3) is 0 Å². The van der Waals surface area contributed by atoms with Crippen LogP contribution in [0.15, 0.2) is 47.0 Å². The van der Waals surface area contributed by atoms with Crippen molar-refractivity contribution in [2.75, 3.05) is 37.2 Å². The number of fused-ring (bicyclic) bond motifs is 1. The number of nitrogens with one attached hydrogen (secondary N) is 3. The second kappa shape index (κ2) is 10.7. The number of nitrogens with zero attached hydrogens (tertiary/aromatic N) is 4. The second-order valence-electron chi connectivity index (χ2n) is 9.56. The number of hydrazine groups is 1. The van der Waals surface area contributed by atoms with Crippen LogP contribution in [0, 0.1) is 0 Å². The van der Waals surface area contributed by atoms with E-state index < -0.39 is 11.0 Å². The van der Waals surface area contributed by atoms with E-state index in [4.69, 9.17) is 23.2 Å². The summed E-state index contributed by atoms with van der Waals surface area (Å²) in [6.07, 6.45) is 8.29. The Balaban J connectivity index is 1.40. The number of anilines is 1. The summed E-state index contributed by atoms with van der Waals surface area (Å²) in [6.45, 7) is 5.43. The van der Waals surface area contributed by atoms with Gasteiger partial charge in [-0.3, -0.25) is 4.79 Å². The van der Waals surface area contributed by atoms with Crippen LogP contribution < -0.4 is 15.5 Å². The Hall–Kier alpha value is -2.11. The van der Waals surface area contributed by atoms with Gasteiger partial charge in [0.2, 0.25) is 0 Å². The Morgan fingerprint density at radius 3 is 2.86 bits per heavy atom. The van der Waals surface area contributed by atoms with Gasteiger partial charge in [-0.2, -0.15) is 0 Å². The van der Waals surface area contributed by atoms with Gasteiger partial charge < -0.3 is 19.8 Å². The average molecular weight is 553 g/mol. The van der Waals surface area contributed by atoms with E-state index in [0.717, 1.165) is 50.5 Å². The van der Waals surface area contributed by atoms with Gasteiger partial charge in [-0.25, -0.2) is 19.6 Å². The monoisotopic (exact) mass is 551 g/mol. The zero-order valence-corrected chi connectivity index (χ0v) is 22.7. The molecule has 3 unspecified atom stereocenters. The first-order chi connectivity index (χ1) is 17.3. The van der Waals surface area contributed by atoms with Gasteiger partial charge in [0, 0.05) is 49.6 Å². The molecule has 12 heteroatoms. The smallest absolute Gasteiger partial charge is 0.256 e. The van der Waals surface area contributed by atoms with E-state index in [1.165, 1.54) is 6.26 Å². The molecule has 5 rings (SSSR count). The van der Waals surface area contributed by atoms with E-state index >= 15 is 0 Å². The largest absolute Gasteiger partial charge is 0.354 e. The highest BCUT2D eigenvalue weighted by Crippen LogP contribution is 2.33. The van der Waals surface area contributed by atoms with Crippen molar-refractivity contribution in [2.45, 2.75) is 44.3 Å².